The second kappa shape index (κ2) is 7.79. The number of methoxy groups -OCH3 is 1. The number of ether oxygens (including phenoxy) is 2. The molecular formula is C16H16BrNO4. The Hall–Kier alpha value is -2.08. The van der Waals surface area contributed by atoms with Crippen molar-refractivity contribution in [1.82, 2.24) is 4.98 Å². The molecule has 0 aliphatic carbocycles. The van der Waals surface area contributed by atoms with E-state index in [2.05, 4.69) is 20.9 Å². The van der Waals surface area contributed by atoms with Crippen LogP contribution < -0.4 is 4.74 Å². The molecule has 2 aromatic rings. The molecule has 0 N–H and O–H groups in total. The van der Waals surface area contributed by atoms with Crippen molar-refractivity contribution in [3.8, 4) is 5.75 Å². The molecular weight excluding hydrogens is 350 g/mol. The minimum atomic E-state index is -0.506. The number of benzene rings is 1. The molecule has 0 unspecified atom stereocenters. The predicted octanol–water partition coefficient (Wildman–Crippen LogP) is 3.93. The van der Waals surface area contributed by atoms with E-state index in [-0.39, 0.29) is 12.4 Å². The highest BCUT2D eigenvalue weighted by Gasteiger charge is 2.19. The first-order valence-electron chi connectivity index (χ1n) is 6.72. The quantitative estimate of drug-likeness (QED) is 0.573. The van der Waals surface area contributed by atoms with Gasteiger partial charge in [0.1, 0.15) is 11.4 Å². The van der Waals surface area contributed by atoms with Crippen LogP contribution in [0.25, 0.3) is 12.2 Å². The van der Waals surface area contributed by atoms with Gasteiger partial charge in [0.2, 0.25) is 11.7 Å². The number of carbonyl (C=O) groups is 1. The Bertz CT molecular complexity index is 661. The van der Waals surface area contributed by atoms with Gasteiger partial charge in [-0.15, -0.1) is 0 Å². The van der Waals surface area contributed by atoms with Gasteiger partial charge in [-0.1, -0.05) is 28.1 Å². The van der Waals surface area contributed by atoms with Crippen molar-refractivity contribution < 1.29 is 18.7 Å². The van der Waals surface area contributed by atoms with Crippen molar-refractivity contribution in [2.45, 2.75) is 12.3 Å². The fraction of sp³-hybridized carbons (Fsp3) is 0.250. The van der Waals surface area contributed by atoms with Crippen molar-refractivity contribution in [3.63, 3.8) is 0 Å². The molecule has 0 radical (unpaired) electrons. The first kappa shape index (κ1) is 16.3. The number of alkyl halides is 1. The van der Waals surface area contributed by atoms with Gasteiger partial charge in [-0.05, 0) is 30.7 Å². The van der Waals surface area contributed by atoms with Crippen LogP contribution in [0.4, 0.5) is 0 Å². The Morgan fingerprint density at radius 3 is 2.64 bits per heavy atom. The number of carbonyl (C=O) groups excluding carboxylic acids is 1. The van der Waals surface area contributed by atoms with Crippen LogP contribution >= 0.6 is 15.9 Å². The van der Waals surface area contributed by atoms with Gasteiger partial charge in [-0.2, -0.15) is 0 Å². The van der Waals surface area contributed by atoms with Crippen LogP contribution in [0.2, 0.25) is 0 Å². The maximum atomic E-state index is 11.8. The van der Waals surface area contributed by atoms with Gasteiger partial charge in [0.25, 0.3) is 0 Å². The van der Waals surface area contributed by atoms with Crippen LogP contribution in [0.3, 0.4) is 0 Å². The minimum absolute atomic E-state index is 0.133. The van der Waals surface area contributed by atoms with Crippen LogP contribution in [0.15, 0.2) is 28.7 Å². The molecule has 1 aromatic heterocycles. The van der Waals surface area contributed by atoms with E-state index in [9.17, 15) is 4.79 Å². The lowest BCUT2D eigenvalue weighted by molar-refractivity contribution is 0.0488. The minimum Gasteiger partial charge on any atom is -0.497 e. The third-order valence-corrected chi connectivity index (χ3v) is 3.37. The molecule has 0 aliphatic heterocycles. The van der Waals surface area contributed by atoms with Crippen molar-refractivity contribution in [1.29, 1.82) is 0 Å². The molecule has 2 rings (SSSR count). The third-order valence-electron chi connectivity index (χ3n) is 2.84. The first-order valence-corrected chi connectivity index (χ1v) is 7.85. The number of halogens is 1. The summed E-state index contributed by atoms with van der Waals surface area (Å²) in [5.74, 6) is 0.773. The summed E-state index contributed by atoms with van der Waals surface area (Å²) in [5, 5.41) is 0.418. The summed E-state index contributed by atoms with van der Waals surface area (Å²) in [6, 6.07) is 7.55. The molecule has 0 atom stereocenters. The Balaban J connectivity index is 2.18. The molecule has 0 amide bonds. The number of oxazole rings is 1. The van der Waals surface area contributed by atoms with E-state index < -0.39 is 5.97 Å². The highest BCUT2D eigenvalue weighted by atomic mass is 79.9. The van der Waals surface area contributed by atoms with Crippen LogP contribution in [0, 0.1) is 0 Å². The van der Waals surface area contributed by atoms with E-state index in [1.165, 1.54) is 0 Å². The molecule has 0 saturated carbocycles. The first-order chi connectivity index (χ1) is 10.7. The summed E-state index contributed by atoms with van der Waals surface area (Å²) in [5.41, 5.74) is 1.49. The Morgan fingerprint density at radius 2 is 2.05 bits per heavy atom. The van der Waals surface area contributed by atoms with Crippen LogP contribution in [0.1, 0.15) is 34.6 Å². The predicted molar refractivity (Wildman–Crippen MR) is 87.0 cm³/mol. The van der Waals surface area contributed by atoms with Gasteiger partial charge in [0, 0.05) is 11.4 Å². The second-order valence-corrected chi connectivity index (χ2v) is 4.85. The molecule has 0 aliphatic rings. The molecule has 5 nitrogen and oxygen atoms in total. The number of hydrogen-bond donors (Lipinski definition) is 0. The summed E-state index contributed by atoms with van der Waals surface area (Å²) in [4.78, 5) is 16.0. The van der Waals surface area contributed by atoms with E-state index in [4.69, 9.17) is 13.9 Å². The fourth-order valence-electron chi connectivity index (χ4n) is 1.77. The molecule has 1 heterocycles. The van der Waals surface area contributed by atoms with Gasteiger partial charge in [-0.3, -0.25) is 0 Å². The maximum absolute atomic E-state index is 11.8. The molecule has 0 bridgehead atoms. The van der Waals surface area contributed by atoms with E-state index in [0.717, 1.165) is 11.3 Å². The average Bonchev–Trinajstić information content (AvgIpc) is 2.97. The lowest BCUT2D eigenvalue weighted by atomic mass is 10.2. The van der Waals surface area contributed by atoms with Crippen LogP contribution in [-0.2, 0) is 10.1 Å². The zero-order chi connectivity index (χ0) is 15.9. The van der Waals surface area contributed by atoms with E-state index in [1.54, 1.807) is 20.1 Å². The lowest BCUT2D eigenvalue weighted by Crippen LogP contribution is -2.05. The third kappa shape index (κ3) is 3.98. The van der Waals surface area contributed by atoms with Crippen molar-refractivity contribution in [2.24, 2.45) is 0 Å². The number of hydrogen-bond acceptors (Lipinski definition) is 5. The number of nitrogens with zero attached hydrogens (tertiary/aromatic N) is 1. The topological polar surface area (TPSA) is 61.6 Å². The SMILES string of the molecule is CCOC(=O)c1oc(/C=C/c2ccc(OC)cc2)nc1CBr. The van der Waals surface area contributed by atoms with Gasteiger partial charge < -0.3 is 13.9 Å². The largest absolute Gasteiger partial charge is 0.497 e. The summed E-state index contributed by atoms with van der Waals surface area (Å²) in [7, 11) is 1.62. The van der Waals surface area contributed by atoms with Gasteiger partial charge in [0.05, 0.1) is 13.7 Å². The molecule has 6 heteroatoms. The smallest absolute Gasteiger partial charge is 0.376 e. The highest BCUT2D eigenvalue weighted by Crippen LogP contribution is 2.18. The average molecular weight is 366 g/mol. The van der Waals surface area contributed by atoms with E-state index >= 15 is 0 Å². The second-order valence-electron chi connectivity index (χ2n) is 4.29. The summed E-state index contributed by atoms with van der Waals surface area (Å²) in [6.07, 6.45) is 3.55. The molecule has 22 heavy (non-hydrogen) atoms. The molecule has 0 saturated heterocycles. The van der Waals surface area contributed by atoms with Gasteiger partial charge in [0.15, 0.2) is 0 Å². The zero-order valence-electron chi connectivity index (χ0n) is 12.3. The summed E-state index contributed by atoms with van der Waals surface area (Å²) >= 11 is 3.28. The highest BCUT2D eigenvalue weighted by molar-refractivity contribution is 9.08. The van der Waals surface area contributed by atoms with E-state index in [0.29, 0.717) is 16.9 Å². The number of rotatable bonds is 6. The summed E-state index contributed by atoms with van der Waals surface area (Å²) in [6.45, 7) is 2.03. The lowest BCUT2D eigenvalue weighted by Gasteiger charge is -1.98. The Labute approximate surface area is 137 Å². The zero-order valence-corrected chi connectivity index (χ0v) is 13.9. The van der Waals surface area contributed by atoms with Crippen LogP contribution in [0.5, 0.6) is 5.75 Å². The standard InChI is InChI=1S/C16H16BrNO4/c1-3-21-16(19)15-13(10-17)18-14(22-15)9-6-11-4-7-12(20-2)8-5-11/h4-9H,3,10H2,1-2H3/b9-6+. The van der Waals surface area contributed by atoms with Crippen LogP contribution in [-0.4, -0.2) is 24.7 Å². The fourth-order valence-corrected chi connectivity index (χ4v) is 2.15. The van der Waals surface area contributed by atoms with Crippen molar-refractivity contribution >= 4 is 34.1 Å². The number of aromatic nitrogens is 1. The molecule has 116 valence electrons. The Kier molecular flexibility index (Phi) is 5.77. The monoisotopic (exact) mass is 365 g/mol. The molecule has 0 fully saturated rings. The number of esters is 1. The Morgan fingerprint density at radius 1 is 1.32 bits per heavy atom. The van der Waals surface area contributed by atoms with Gasteiger partial charge >= 0.3 is 5.97 Å². The van der Waals surface area contributed by atoms with E-state index in [1.807, 2.05) is 30.3 Å². The molecule has 1 aromatic carbocycles. The van der Waals surface area contributed by atoms with Crippen molar-refractivity contribution in [2.75, 3.05) is 13.7 Å². The maximum Gasteiger partial charge on any atom is 0.376 e. The van der Waals surface area contributed by atoms with Crippen molar-refractivity contribution in [3.05, 3.63) is 47.2 Å². The summed E-state index contributed by atoms with van der Waals surface area (Å²) < 4.78 is 15.5. The molecule has 0 spiro atoms. The van der Waals surface area contributed by atoms with Gasteiger partial charge in [-0.25, -0.2) is 9.78 Å². The normalized spacial score (nSPS) is 10.9.